The van der Waals surface area contributed by atoms with Crippen molar-refractivity contribution in [3.05, 3.63) is 65.1 Å². The minimum Gasteiger partial charge on any atom is -0.366 e. The molecule has 2 unspecified atom stereocenters. The molecular formula is C22H20F3N5O2. The Balaban J connectivity index is 1.34. The quantitative estimate of drug-likeness (QED) is 0.673. The molecule has 2 aliphatic rings. The van der Waals surface area contributed by atoms with Gasteiger partial charge in [-0.2, -0.15) is 13.2 Å². The van der Waals surface area contributed by atoms with Crippen LogP contribution in [0.15, 0.2) is 42.6 Å². The van der Waals surface area contributed by atoms with Gasteiger partial charge in [0.25, 0.3) is 5.91 Å². The molecule has 0 spiro atoms. The van der Waals surface area contributed by atoms with E-state index in [1.54, 1.807) is 23.1 Å². The maximum atomic E-state index is 13.4. The fourth-order valence-corrected chi connectivity index (χ4v) is 5.15. The van der Waals surface area contributed by atoms with E-state index in [0.717, 1.165) is 6.07 Å². The second kappa shape index (κ2) is 7.32. The van der Waals surface area contributed by atoms with Crippen molar-refractivity contribution in [1.82, 2.24) is 19.5 Å². The molecule has 5 rings (SSSR count). The average Bonchev–Trinajstić information content (AvgIpc) is 3.45. The van der Waals surface area contributed by atoms with Gasteiger partial charge < -0.3 is 10.6 Å². The van der Waals surface area contributed by atoms with Crippen molar-refractivity contribution < 1.29 is 22.8 Å². The summed E-state index contributed by atoms with van der Waals surface area (Å²) in [5, 5.41) is 7.95. The smallest absolute Gasteiger partial charge is 0.366 e. The molecule has 1 aliphatic carbocycles. The number of aromatic nitrogens is 3. The maximum Gasteiger partial charge on any atom is 0.416 e. The molecule has 32 heavy (non-hydrogen) atoms. The number of rotatable bonds is 3. The molecule has 3 aromatic rings. The first-order valence-corrected chi connectivity index (χ1v) is 10.3. The average molecular weight is 443 g/mol. The molecule has 3 heterocycles. The second-order valence-corrected chi connectivity index (χ2v) is 8.52. The van der Waals surface area contributed by atoms with Crippen molar-refractivity contribution in [2.45, 2.75) is 24.9 Å². The summed E-state index contributed by atoms with van der Waals surface area (Å²) in [5.41, 5.74) is 5.74. The van der Waals surface area contributed by atoms with Gasteiger partial charge >= 0.3 is 6.18 Å². The molecule has 2 aromatic heterocycles. The number of nitrogens with zero attached hydrogens (tertiary/aromatic N) is 4. The molecule has 1 aromatic carbocycles. The number of fused-ring (bicyclic) bond motifs is 2. The Morgan fingerprint density at radius 3 is 2.34 bits per heavy atom. The Kier molecular flexibility index (Phi) is 4.68. The Bertz CT molecular complexity index is 1210. The minimum atomic E-state index is -4.38. The molecule has 1 saturated heterocycles. The van der Waals surface area contributed by atoms with E-state index < -0.39 is 17.6 Å². The highest BCUT2D eigenvalue weighted by atomic mass is 19.4. The van der Waals surface area contributed by atoms with Gasteiger partial charge in [-0.25, -0.2) is 0 Å². The fourth-order valence-electron chi connectivity index (χ4n) is 5.15. The number of pyridine rings is 1. The number of halogens is 3. The van der Waals surface area contributed by atoms with Crippen LogP contribution < -0.4 is 5.73 Å². The summed E-state index contributed by atoms with van der Waals surface area (Å²) in [6, 6.07) is 8.83. The number of benzene rings is 1. The lowest BCUT2D eigenvalue weighted by Gasteiger charge is -2.21. The molecule has 3 atom stereocenters. The van der Waals surface area contributed by atoms with Crippen molar-refractivity contribution in [1.29, 1.82) is 0 Å². The first kappa shape index (κ1) is 20.5. The standard InChI is InChI=1S/C22H20F3N5O2/c23-22(24,25)17-4-2-1-3-16(17)13-7-14-9-29(10-15(14)8-13)21(32)20-28-27-18-6-5-12(19(26)31)11-30(18)20/h1-6,11,13-15H,7-10H2,(H2,26,31)/t13?,14-,15?/m0/s1. The molecule has 2 N–H and O–H groups in total. The zero-order valence-electron chi connectivity index (χ0n) is 16.9. The third-order valence-electron chi connectivity index (χ3n) is 6.62. The molecule has 1 aliphatic heterocycles. The molecule has 1 saturated carbocycles. The third-order valence-corrected chi connectivity index (χ3v) is 6.62. The van der Waals surface area contributed by atoms with Gasteiger partial charge in [0.15, 0.2) is 5.65 Å². The Morgan fingerprint density at radius 1 is 1.00 bits per heavy atom. The zero-order valence-corrected chi connectivity index (χ0v) is 16.9. The number of hydrogen-bond donors (Lipinski definition) is 1. The summed E-state index contributed by atoms with van der Waals surface area (Å²) >= 11 is 0. The van der Waals surface area contributed by atoms with Crippen LogP contribution in [-0.4, -0.2) is 44.4 Å². The summed E-state index contributed by atoms with van der Waals surface area (Å²) in [6.45, 7) is 0.914. The van der Waals surface area contributed by atoms with Gasteiger partial charge in [0, 0.05) is 19.3 Å². The van der Waals surface area contributed by atoms with Gasteiger partial charge in [-0.3, -0.25) is 14.0 Å². The van der Waals surface area contributed by atoms with Crippen molar-refractivity contribution in [2.24, 2.45) is 17.6 Å². The van der Waals surface area contributed by atoms with Gasteiger partial charge in [0.1, 0.15) is 0 Å². The van der Waals surface area contributed by atoms with Crippen LogP contribution in [0.5, 0.6) is 0 Å². The topological polar surface area (TPSA) is 93.6 Å². The summed E-state index contributed by atoms with van der Waals surface area (Å²) < 4.78 is 41.7. The highest BCUT2D eigenvalue weighted by Gasteiger charge is 2.45. The van der Waals surface area contributed by atoms with E-state index in [4.69, 9.17) is 5.73 Å². The van der Waals surface area contributed by atoms with Crippen molar-refractivity contribution in [3.8, 4) is 0 Å². The van der Waals surface area contributed by atoms with Crippen LogP contribution in [-0.2, 0) is 6.18 Å². The Hall–Kier alpha value is -3.43. The largest absolute Gasteiger partial charge is 0.416 e. The van der Waals surface area contributed by atoms with Crippen LogP contribution in [0.4, 0.5) is 13.2 Å². The number of likely N-dealkylation sites (tertiary alicyclic amines) is 1. The van der Waals surface area contributed by atoms with Gasteiger partial charge in [-0.15, -0.1) is 10.2 Å². The second-order valence-electron chi connectivity index (χ2n) is 8.52. The molecule has 0 bridgehead atoms. The predicted molar refractivity (Wildman–Crippen MR) is 108 cm³/mol. The van der Waals surface area contributed by atoms with Crippen molar-refractivity contribution in [2.75, 3.05) is 13.1 Å². The number of primary amides is 1. The van der Waals surface area contributed by atoms with Crippen LogP contribution in [0.25, 0.3) is 5.65 Å². The molecule has 0 radical (unpaired) electrons. The van der Waals surface area contributed by atoms with Gasteiger partial charge in [-0.05, 0) is 54.4 Å². The Morgan fingerprint density at radius 2 is 1.69 bits per heavy atom. The lowest BCUT2D eigenvalue weighted by Crippen LogP contribution is -2.31. The van der Waals surface area contributed by atoms with E-state index in [1.807, 2.05) is 0 Å². The SMILES string of the molecule is NC(=O)c1ccc2nnc(C(=O)N3CC4CC(c5ccccc5C(F)(F)F)C[C@H]4C3)n2c1. The number of carbonyl (C=O) groups is 2. The normalized spacial score (nSPS) is 23.0. The Labute approximate surface area is 181 Å². The van der Waals surface area contributed by atoms with Gasteiger partial charge in [-0.1, -0.05) is 18.2 Å². The maximum absolute atomic E-state index is 13.4. The number of carbonyl (C=O) groups excluding carboxylic acids is 2. The van der Waals surface area contributed by atoms with E-state index in [1.165, 1.54) is 22.7 Å². The number of hydrogen-bond acceptors (Lipinski definition) is 4. The lowest BCUT2D eigenvalue weighted by molar-refractivity contribution is -0.138. The van der Waals surface area contributed by atoms with Crippen LogP contribution >= 0.6 is 0 Å². The highest BCUT2D eigenvalue weighted by Crippen LogP contribution is 2.49. The van der Waals surface area contributed by atoms with Gasteiger partial charge in [0.05, 0.1) is 11.1 Å². The summed E-state index contributed by atoms with van der Waals surface area (Å²) in [7, 11) is 0. The first-order chi connectivity index (χ1) is 15.2. The third kappa shape index (κ3) is 3.39. The van der Waals surface area contributed by atoms with E-state index in [-0.39, 0.29) is 35.0 Å². The highest BCUT2D eigenvalue weighted by molar-refractivity contribution is 5.94. The fraction of sp³-hybridized carbons (Fsp3) is 0.364. The molecule has 7 nitrogen and oxygen atoms in total. The summed E-state index contributed by atoms with van der Waals surface area (Å²) in [6.07, 6.45) is -1.73. The molecule has 10 heteroatoms. The predicted octanol–water partition coefficient (Wildman–Crippen LogP) is 3.11. The molecule has 166 valence electrons. The number of alkyl halides is 3. The van der Waals surface area contributed by atoms with Crippen LogP contribution in [0, 0.1) is 11.8 Å². The van der Waals surface area contributed by atoms with Crippen molar-refractivity contribution in [3.63, 3.8) is 0 Å². The van der Waals surface area contributed by atoms with E-state index in [2.05, 4.69) is 10.2 Å². The number of nitrogens with two attached hydrogens (primary N) is 1. The van der Waals surface area contributed by atoms with E-state index in [0.29, 0.717) is 37.1 Å². The first-order valence-electron chi connectivity index (χ1n) is 10.3. The molecular weight excluding hydrogens is 423 g/mol. The lowest BCUT2D eigenvalue weighted by atomic mass is 9.91. The van der Waals surface area contributed by atoms with Crippen LogP contribution in [0.1, 0.15) is 50.9 Å². The molecule has 2 amide bonds. The van der Waals surface area contributed by atoms with Crippen molar-refractivity contribution >= 4 is 17.5 Å². The number of amides is 2. The van der Waals surface area contributed by atoms with Crippen LogP contribution in [0.2, 0.25) is 0 Å². The summed E-state index contributed by atoms with van der Waals surface area (Å²) in [4.78, 5) is 26.3. The monoisotopic (exact) mass is 443 g/mol. The van der Waals surface area contributed by atoms with E-state index in [9.17, 15) is 22.8 Å². The van der Waals surface area contributed by atoms with E-state index >= 15 is 0 Å². The minimum absolute atomic E-state index is 0.0852. The summed E-state index contributed by atoms with van der Waals surface area (Å²) in [5.74, 6) is -0.772. The zero-order chi connectivity index (χ0) is 22.6. The molecule has 2 fully saturated rings. The van der Waals surface area contributed by atoms with Crippen LogP contribution in [0.3, 0.4) is 0 Å². The van der Waals surface area contributed by atoms with Gasteiger partial charge in [0.2, 0.25) is 11.7 Å².